The molecular formula is C19H25N2O3PS. The van der Waals surface area contributed by atoms with Crippen molar-refractivity contribution in [1.29, 1.82) is 0 Å². The van der Waals surface area contributed by atoms with E-state index < -0.39 is 7.29 Å². The van der Waals surface area contributed by atoms with Crippen molar-refractivity contribution in [2.24, 2.45) is 0 Å². The van der Waals surface area contributed by atoms with E-state index in [2.05, 4.69) is 27.1 Å². The summed E-state index contributed by atoms with van der Waals surface area (Å²) in [7, 11) is -2.88. The first kappa shape index (κ1) is 18.4. The van der Waals surface area contributed by atoms with Gasteiger partial charge in [0.2, 0.25) is 7.29 Å². The van der Waals surface area contributed by atoms with Gasteiger partial charge in [-0.1, -0.05) is 36.4 Å². The van der Waals surface area contributed by atoms with Gasteiger partial charge in [0.25, 0.3) is 0 Å². The van der Waals surface area contributed by atoms with Gasteiger partial charge in [0.05, 0.1) is 26.4 Å². The molecule has 4 rings (SSSR count). The molecule has 0 unspecified atom stereocenters. The first-order chi connectivity index (χ1) is 12.8. The Kier molecular flexibility index (Phi) is 5.89. The zero-order valence-corrected chi connectivity index (χ0v) is 16.5. The van der Waals surface area contributed by atoms with Crippen LogP contribution in [0.5, 0.6) is 0 Å². The van der Waals surface area contributed by atoms with E-state index in [1.807, 2.05) is 30.3 Å². The van der Waals surface area contributed by atoms with Gasteiger partial charge in [0.15, 0.2) is 0 Å². The fourth-order valence-corrected chi connectivity index (χ4v) is 8.52. The molecule has 0 radical (unpaired) electrons. The Morgan fingerprint density at radius 3 is 2.15 bits per heavy atom. The monoisotopic (exact) mass is 392 g/mol. The van der Waals surface area contributed by atoms with Gasteiger partial charge in [0, 0.05) is 36.4 Å². The molecule has 0 aliphatic carbocycles. The highest BCUT2D eigenvalue weighted by atomic mass is 32.1. The summed E-state index contributed by atoms with van der Waals surface area (Å²) in [5, 5.41) is 3.02. The highest BCUT2D eigenvalue weighted by molar-refractivity contribution is 7.69. The molecule has 2 aromatic rings. The molecule has 2 aliphatic heterocycles. The lowest BCUT2D eigenvalue weighted by atomic mass is 10.3. The minimum absolute atomic E-state index is 0.133. The third-order valence-electron chi connectivity index (χ3n) is 5.05. The Morgan fingerprint density at radius 2 is 1.54 bits per heavy atom. The number of rotatable bonds is 5. The Hall–Kier alpha value is -1.01. The number of nitrogens with zero attached hydrogens (tertiary/aromatic N) is 2. The molecule has 1 aromatic carbocycles. The van der Waals surface area contributed by atoms with E-state index in [-0.39, 0.29) is 5.78 Å². The largest absolute Gasteiger partial charge is 0.379 e. The summed E-state index contributed by atoms with van der Waals surface area (Å²) < 4.78 is 28.2. The van der Waals surface area contributed by atoms with Crippen LogP contribution < -0.4 is 5.30 Å². The maximum Gasteiger partial charge on any atom is 0.200 e. The SMILES string of the molecule is O=[P@@](c1ccccc1)([C@H](c1cccs1)N1CCOCC1)N1CCOCC1. The fourth-order valence-electron chi connectivity index (χ4n) is 3.79. The van der Waals surface area contributed by atoms with Crippen LogP contribution in [-0.2, 0) is 14.0 Å². The zero-order valence-electron chi connectivity index (χ0n) is 14.8. The molecule has 2 aliphatic rings. The van der Waals surface area contributed by atoms with Gasteiger partial charge in [-0.15, -0.1) is 11.3 Å². The van der Waals surface area contributed by atoms with E-state index in [1.54, 1.807) is 11.3 Å². The summed E-state index contributed by atoms with van der Waals surface area (Å²) in [5.41, 5.74) is 0. The van der Waals surface area contributed by atoms with Gasteiger partial charge in [-0.2, -0.15) is 0 Å². The molecule has 0 N–H and O–H groups in total. The first-order valence-corrected chi connectivity index (χ1v) is 11.7. The number of hydrogen-bond donors (Lipinski definition) is 0. The van der Waals surface area contributed by atoms with Crippen LogP contribution in [0.2, 0.25) is 0 Å². The highest BCUT2D eigenvalue weighted by Crippen LogP contribution is 2.63. The maximum absolute atomic E-state index is 14.9. The molecule has 2 saturated heterocycles. The third kappa shape index (κ3) is 3.55. The van der Waals surface area contributed by atoms with Crippen LogP contribution in [-0.4, -0.2) is 62.2 Å². The van der Waals surface area contributed by atoms with Gasteiger partial charge in [0.1, 0.15) is 5.78 Å². The van der Waals surface area contributed by atoms with Crippen LogP contribution >= 0.6 is 18.6 Å². The topological polar surface area (TPSA) is 42.0 Å². The second kappa shape index (κ2) is 8.34. The second-order valence-electron chi connectivity index (χ2n) is 6.56. The standard InChI is InChI=1S/C19H25N2O3PS/c22-25(17-5-2-1-3-6-17,21-10-14-24-15-11-21)19(18-7-4-16-26-18)20-8-12-23-13-9-20/h1-7,16,19H,8-15H2/t19-,25+/m1/s1. The maximum atomic E-state index is 14.9. The van der Waals surface area contributed by atoms with E-state index >= 15 is 0 Å². The predicted molar refractivity (Wildman–Crippen MR) is 106 cm³/mol. The highest BCUT2D eigenvalue weighted by Gasteiger charge is 2.45. The summed E-state index contributed by atoms with van der Waals surface area (Å²) in [5.74, 6) is -0.133. The van der Waals surface area contributed by atoms with Crippen molar-refractivity contribution in [3.8, 4) is 0 Å². The van der Waals surface area contributed by atoms with Gasteiger partial charge in [-0.3, -0.25) is 9.46 Å². The van der Waals surface area contributed by atoms with E-state index in [4.69, 9.17) is 9.47 Å². The van der Waals surface area contributed by atoms with Crippen molar-refractivity contribution in [3.63, 3.8) is 0 Å². The van der Waals surface area contributed by atoms with E-state index in [1.165, 1.54) is 4.88 Å². The Morgan fingerprint density at radius 1 is 0.885 bits per heavy atom. The number of ether oxygens (including phenoxy) is 2. The molecule has 3 heterocycles. The van der Waals surface area contributed by atoms with E-state index in [9.17, 15) is 4.57 Å². The summed E-state index contributed by atoms with van der Waals surface area (Å²) in [6.45, 7) is 5.69. The van der Waals surface area contributed by atoms with Crippen LogP contribution in [0, 0.1) is 0 Å². The number of morpholine rings is 2. The molecular weight excluding hydrogens is 367 g/mol. The van der Waals surface area contributed by atoms with Gasteiger partial charge < -0.3 is 9.47 Å². The average molecular weight is 392 g/mol. The predicted octanol–water partition coefficient (Wildman–Crippen LogP) is 3.01. The normalized spacial score (nSPS) is 23.4. The van der Waals surface area contributed by atoms with Crippen molar-refractivity contribution in [3.05, 3.63) is 52.7 Å². The number of benzene rings is 1. The van der Waals surface area contributed by atoms with Crippen molar-refractivity contribution >= 4 is 23.9 Å². The lowest BCUT2D eigenvalue weighted by molar-refractivity contribution is 0.0279. The van der Waals surface area contributed by atoms with Crippen molar-refractivity contribution in [1.82, 2.24) is 9.57 Å². The molecule has 5 nitrogen and oxygen atoms in total. The van der Waals surface area contributed by atoms with Crippen LogP contribution in [0.1, 0.15) is 10.7 Å². The Balaban J connectivity index is 1.82. The molecule has 0 saturated carbocycles. The van der Waals surface area contributed by atoms with Crippen molar-refractivity contribution in [2.75, 3.05) is 52.6 Å². The first-order valence-electron chi connectivity index (χ1n) is 9.14. The van der Waals surface area contributed by atoms with Crippen LogP contribution in [0.4, 0.5) is 0 Å². The van der Waals surface area contributed by atoms with Gasteiger partial charge >= 0.3 is 0 Å². The Labute approximate surface area is 158 Å². The van der Waals surface area contributed by atoms with Gasteiger partial charge in [-0.25, -0.2) is 4.67 Å². The molecule has 0 bridgehead atoms. The third-order valence-corrected chi connectivity index (χ3v) is 9.70. The van der Waals surface area contributed by atoms with Crippen LogP contribution in [0.25, 0.3) is 0 Å². The summed E-state index contributed by atoms with van der Waals surface area (Å²) in [4.78, 5) is 3.53. The smallest absolute Gasteiger partial charge is 0.200 e. The van der Waals surface area contributed by atoms with Crippen molar-refractivity contribution < 1.29 is 14.0 Å². The van der Waals surface area contributed by atoms with Crippen molar-refractivity contribution in [2.45, 2.75) is 5.78 Å². The molecule has 7 heteroatoms. The van der Waals surface area contributed by atoms with Crippen LogP contribution in [0.15, 0.2) is 47.8 Å². The molecule has 140 valence electrons. The molecule has 26 heavy (non-hydrogen) atoms. The van der Waals surface area contributed by atoms with Gasteiger partial charge in [-0.05, 0) is 11.4 Å². The number of thiophene rings is 1. The summed E-state index contributed by atoms with van der Waals surface area (Å²) in [6, 6.07) is 14.2. The van der Waals surface area contributed by atoms with E-state index in [0.717, 1.165) is 18.4 Å². The average Bonchev–Trinajstić information content (AvgIpc) is 3.24. The minimum Gasteiger partial charge on any atom is -0.379 e. The lowest BCUT2D eigenvalue weighted by Gasteiger charge is -2.44. The molecule has 1 aromatic heterocycles. The number of hydrogen-bond acceptors (Lipinski definition) is 5. The molecule has 0 amide bonds. The Bertz CT molecular complexity index is 729. The molecule has 0 spiro atoms. The summed E-state index contributed by atoms with van der Waals surface area (Å²) >= 11 is 1.70. The second-order valence-corrected chi connectivity index (χ2v) is 10.4. The summed E-state index contributed by atoms with van der Waals surface area (Å²) in [6.07, 6.45) is 0. The fraction of sp³-hybridized carbons (Fsp3) is 0.474. The zero-order chi connectivity index (χ0) is 17.8. The van der Waals surface area contributed by atoms with E-state index in [0.29, 0.717) is 39.5 Å². The molecule has 2 atom stereocenters. The van der Waals surface area contributed by atoms with Crippen LogP contribution in [0.3, 0.4) is 0 Å². The molecule has 2 fully saturated rings. The minimum atomic E-state index is -2.88. The lowest BCUT2D eigenvalue weighted by Crippen LogP contribution is -2.45. The quantitative estimate of drug-likeness (QED) is 0.732.